The first-order chi connectivity index (χ1) is 9.15. The first-order valence-electron chi connectivity index (χ1n) is 6.74. The largest absolute Gasteiger partial charge is 0.350 e. The molecule has 2 nitrogen and oxygen atoms in total. The Kier molecular flexibility index (Phi) is 5.23. The molecule has 0 atom stereocenters. The third kappa shape index (κ3) is 4.51. The molecule has 0 aliphatic carbocycles. The number of halogens is 1. The van der Waals surface area contributed by atoms with Crippen LogP contribution < -0.4 is 5.32 Å². The maximum atomic E-state index is 3.59. The van der Waals surface area contributed by atoms with Crippen LogP contribution >= 0.6 is 15.9 Å². The summed E-state index contributed by atoms with van der Waals surface area (Å²) in [5.41, 5.74) is 2.65. The standard InChI is InChI=1S/C16H21BrN2/c1-13(2)9-18-10-14-7-8-19(11-14)12-15-5-3-4-6-16(15)17/h3-8,11,13,18H,9-10,12H2,1-2H3. The van der Waals surface area contributed by atoms with Gasteiger partial charge in [0, 0.05) is 30.0 Å². The number of hydrogen-bond acceptors (Lipinski definition) is 1. The van der Waals surface area contributed by atoms with E-state index in [9.17, 15) is 0 Å². The molecule has 1 N–H and O–H groups in total. The summed E-state index contributed by atoms with van der Waals surface area (Å²) >= 11 is 3.59. The third-order valence-corrected chi connectivity index (χ3v) is 3.78. The normalized spacial score (nSPS) is 11.2. The highest BCUT2D eigenvalue weighted by Gasteiger charge is 2.01. The Hall–Kier alpha value is -1.06. The molecule has 0 aliphatic rings. The van der Waals surface area contributed by atoms with Crippen LogP contribution in [-0.4, -0.2) is 11.1 Å². The maximum absolute atomic E-state index is 3.59. The lowest BCUT2D eigenvalue weighted by Crippen LogP contribution is -2.18. The number of rotatable bonds is 6. The molecule has 0 unspecified atom stereocenters. The Morgan fingerprint density at radius 3 is 2.74 bits per heavy atom. The Labute approximate surface area is 124 Å². The second kappa shape index (κ2) is 6.92. The van der Waals surface area contributed by atoms with Crippen molar-refractivity contribution in [2.75, 3.05) is 6.54 Å². The van der Waals surface area contributed by atoms with Crippen LogP contribution in [0.25, 0.3) is 0 Å². The molecular weight excluding hydrogens is 300 g/mol. The second-order valence-corrected chi connectivity index (χ2v) is 6.16. The quantitative estimate of drug-likeness (QED) is 0.849. The van der Waals surface area contributed by atoms with Gasteiger partial charge in [0.15, 0.2) is 0 Å². The first kappa shape index (κ1) is 14.4. The predicted molar refractivity (Wildman–Crippen MR) is 84.2 cm³/mol. The van der Waals surface area contributed by atoms with Gasteiger partial charge in [0.2, 0.25) is 0 Å². The van der Waals surface area contributed by atoms with Crippen molar-refractivity contribution in [1.82, 2.24) is 9.88 Å². The van der Waals surface area contributed by atoms with Crippen LogP contribution in [0.4, 0.5) is 0 Å². The average Bonchev–Trinajstić information content (AvgIpc) is 2.79. The minimum atomic E-state index is 0.697. The molecule has 1 aromatic carbocycles. The number of benzene rings is 1. The van der Waals surface area contributed by atoms with Crippen molar-refractivity contribution in [1.29, 1.82) is 0 Å². The lowest BCUT2D eigenvalue weighted by atomic mass is 10.2. The van der Waals surface area contributed by atoms with E-state index in [-0.39, 0.29) is 0 Å². The highest BCUT2D eigenvalue weighted by molar-refractivity contribution is 9.10. The first-order valence-corrected chi connectivity index (χ1v) is 7.53. The number of hydrogen-bond donors (Lipinski definition) is 1. The van der Waals surface area contributed by atoms with Crippen molar-refractivity contribution in [3.8, 4) is 0 Å². The van der Waals surface area contributed by atoms with Crippen LogP contribution in [-0.2, 0) is 13.1 Å². The van der Waals surface area contributed by atoms with Crippen molar-refractivity contribution < 1.29 is 0 Å². The van der Waals surface area contributed by atoms with E-state index in [1.54, 1.807) is 0 Å². The van der Waals surface area contributed by atoms with E-state index < -0.39 is 0 Å². The van der Waals surface area contributed by atoms with Crippen LogP contribution in [0, 0.1) is 5.92 Å². The SMILES string of the molecule is CC(C)CNCc1ccn(Cc2ccccc2Br)c1. The van der Waals surface area contributed by atoms with Gasteiger partial charge in [-0.15, -0.1) is 0 Å². The van der Waals surface area contributed by atoms with Crippen LogP contribution in [0.15, 0.2) is 47.2 Å². The third-order valence-electron chi connectivity index (χ3n) is 3.00. The molecule has 0 spiro atoms. The summed E-state index contributed by atoms with van der Waals surface area (Å²) in [6, 6.07) is 10.5. The number of nitrogens with one attached hydrogen (secondary N) is 1. The molecule has 1 heterocycles. The van der Waals surface area contributed by atoms with Gasteiger partial charge in [-0.25, -0.2) is 0 Å². The summed E-state index contributed by atoms with van der Waals surface area (Å²) in [6.45, 7) is 7.37. The molecular formula is C16H21BrN2. The van der Waals surface area contributed by atoms with Gasteiger partial charge in [-0.2, -0.15) is 0 Å². The lowest BCUT2D eigenvalue weighted by molar-refractivity contribution is 0.552. The Balaban J connectivity index is 1.92. The van der Waals surface area contributed by atoms with Crippen molar-refractivity contribution >= 4 is 15.9 Å². The Morgan fingerprint density at radius 2 is 2.00 bits per heavy atom. The van der Waals surface area contributed by atoms with Gasteiger partial charge in [-0.05, 0) is 35.7 Å². The molecule has 102 valence electrons. The lowest BCUT2D eigenvalue weighted by Gasteiger charge is -2.07. The molecule has 0 aliphatic heterocycles. The minimum absolute atomic E-state index is 0.697. The molecule has 2 rings (SSSR count). The molecule has 19 heavy (non-hydrogen) atoms. The van der Waals surface area contributed by atoms with E-state index >= 15 is 0 Å². The smallest absolute Gasteiger partial charge is 0.0481 e. The summed E-state index contributed by atoms with van der Waals surface area (Å²) in [5.74, 6) is 0.697. The van der Waals surface area contributed by atoms with E-state index in [0.717, 1.165) is 19.6 Å². The molecule has 0 amide bonds. The van der Waals surface area contributed by atoms with E-state index in [2.05, 4.69) is 76.3 Å². The highest BCUT2D eigenvalue weighted by atomic mass is 79.9. The summed E-state index contributed by atoms with van der Waals surface area (Å²) in [6.07, 6.45) is 4.36. The zero-order valence-electron chi connectivity index (χ0n) is 11.6. The van der Waals surface area contributed by atoms with Gasteiger partial charge in [0.05, 0.1) is 0 Å². The van der Waals surface area contributed by atoms with Gasteiger partial charge in [-0.1, -0.05) is 48.0 Å². The van der Waals surface area contributed by atoms with Crippen LogP contribution in [0.1, 0.15) is 25.0 Å². The molecule has 3 heteroatoms. The van der Waals surface area contributed by atoms with Gasteiger partial charge < -0.3 is 9.88 Å². The highest BCUT2D eigenvalue weighted by Crippen LogP contribution is 2.17. The van der Waals surface area contributed by atoms with Crippen LogP contribution in [0.3, 0.4) is 0 Å². The Morgan fingerprint density at radius 1 is 1.21 bits per heavy atom. The molecule has 0 saturated heterocycles. The van der Waals surface area contributed by atoms with Gasteiger partial charge in [0.1, 0.15) is 0 Å². The summed E-state index contributed by atoms with van der Waals surface area (Å²) in [4.78, 5) is 0. The monoisotopic (exact) mass is 320 g/mol. The number of aromatic nitrogens is 1. The fourth-order valence-electron chi connectivity index (χ4n) is 2.02. The second-order valence-electron chi connectivity index (χ2n) is 5.31. The van der Waals surface area contributed by atoms with Gasteiger partial charge >= 0.3 is 0 Å². The van der Waals surface area contributed by atoms with Crippen molar-refractivity contribution in [2.45, 2.75) is 26.9 Å². The van der Waals surface area contributed by atoms with Crippen molar-refractivity contribution in [3.05, 3.63) is 58.3 Å². The van der Waals surface area contributed by atoms with E-state index in [4.69, 9.17) is 0 Å². The number of nitrogens with zero attached hydrogens (tertiary/aromatic N) is 1. The minimum Gasteiger partial charge on any atom is -0.350 e. The molecule has 2 aromatic rings. The van der Waals surface area contributed by atoms with E-state index in [0.29, 0.717) is 5.92 Å². The fourth-order valence-corrected chi connectivity index (χ4v) is 2.43. The fraction of sp³-hybridized carbons (Fsp3) is 0.375. The maximum Gasteiger partial charge on any atom is 0.0481 e. The zero-order valence-corrected chi connectivity index (χ0v) is 13.2. The summed E-state index contributed by atoms with van der Waals surface area (Å²) < 4.78 is 3.40. The topological polar surface area (TPSA) is 17.0 Å². The molecule has 0 radical (unpaired) electrons. The van der Waals surface area contributed by atoms with Crippen LogP contribution in [0.2, 0.25) is 0 Å². The van der Waals surface area contributed by atoms with Gasteiger partial charge in [0.25, 0.3) is 0 Å². The summed E-state index contributed by atoms with van der Waals surface area (Å²) in [7, 11) is 0. The molecule has 0 saturated carbocycles. The molecule has 1 aromatic heterocycles. The van der Waals surface area contributed by atoms with Crippen LogP contribution in [0.5, 0.6) is 0 Å². The average molecular weight is 321 g/mol. The van der Waals surface area contributed by atoms with Gasteiger partial charge in [-0.3, -0.25) is 0 Å². The summed E-state index contributed by atoms with van der Waals surface area (Å²) in [5, 5.41) is 3.47. The van der Waals surface area contributed by atoms with Crippen molar-refractivity contribution in [2.24, 2.45) is 5.92 Å². The van der Waals surface area contributed by atoms with E-state index in [1.165, 1.54) is 15.6 Å². The molecule has 0 bridgehead atoms. The van der Waals surface area contributed by atoms with E-state index in [1.807, 2.05) is 6.07 Å². The van der Waals surface area contributed by atoms with Crippen molar-refractivity contribution in [3.63, 3.8) is 0 Å². The molecule has 0 fully saturated rings. The zero-order chi connectivity index (χ0) is 13.7. The predicted octanol–water partition coefficient (Wildman–Crippen LogP) is 4.04. The Bertz CT molecular complexity index is 517.